The standard InChI is InChI=1S/C24H26ClFN4O5.C19H21ClFNO3.C5H7N3O3.CH4/c1-3-35-30-13-21(28-29-30)22(32)27-18(12-24(2,14-31)23(33)34)10-15-4-6-16(7-5-15)19-11-17(25)8-9-20(19)26;1-19(11-23,18(24)25)10-15(22)8-12-2-4-13(5-3-12)16-9-14(20)6-7-17(16)21;1-2-11-8-3-4(5(9)10)6-7-8;/h4-9,11,13,18,31H,3,10,12,14H2,1-2H3,(H,27,32)(H,33,34);2-7,9,15,23H,8,10-11,22H2,1H3,(H,24,25);3H,2H2,1H3,(H,9,10);1H4/t18-,24+;15-,19+;;/m11../s1. The van der Waals surface area contributed by atoms with E-state index in [1.807, 2.05) is 12.1 Å². The van der Waals surface area contributed by atoms with Gasteiger partial charge in [-0.2, -0.15) is 0 Å². The van der Waals surface area contributed by atoms with Crippen LogP contribution in [0.2, 0.25) is 10.0 Å². The quantitative estimate of drug-likeness (QED) is 0.0402. The molecular formula is C49H58Cl2F2N8O11. The van der Waals surface area contributed by atoms with Gasteiger partial charge in [0.1, 0.15) is 37.2 Å². The molecule has 2 aromatic heterocycles. The number of aliphatic carboxylic acids is 2. The maximum Gasteiger partial charge on any atom is 0.358 e. The van der Waals surface area contributed by atoms with Crippen molar-refractivity contribution in [2.45, 2.75) is 72.9 Å². The van der Waals surface area contributed by atoms with Crippen molar-refractivity contribution in [2.24, 2.45) is 16.6 Å². The minimum absolute atomic E-state index is 0. The van der Waals surface area contributed by atoms with Gasteiger partial charge in [-0.25, -0.2) is 13.6 Å². The first-order chi connectivity index (χ1) is 33.6. The normalized spacial score (nSPS) is 13.2. The fraction of sp³-hybridized carbons (Fsp3) is 0.347. The number of amides is 1. The maximum absolute atomic E-state index is 14.2. The lowest BCUT2D eigenvalue weighted by atomic mass is 9.82. The molecule has 6 aromatic rings. The molecule has 0 unspecified atom stereocenters. The highest BCUT2D eigenvalue weighted by Gasteiger charge is 2.37. The average molecular weight is 1040 g/mol. The number of aromatic carboxylic acids is 1. The number of nitrogens with two attached hydrogens (primary N) is 1. The topological polar surface area (TPSA) is 287 Å². The Labute approximate surface area is 424 Å². The molecule has 0 aliphatic carbocycles. The molecule has 8 N–H and O–H groups in total. The van der Waals surface area contributed by atoms with E-state index < -0.39 is 65.8 Å². The number of aliphatic hydroxyl groups excluding tert-OH is 2. The Morgan fingerprint density at radius 3 is 1.50 bits per heavy atom. The van der Waals surface area contributed by atoms with E-state index >= 15 is 0 Å². The monoisotopic (exact) mass is 1040 g/mol. The first-order valence-corrected chi connectivity index (χ1v) is 22.6. The smallest absolute Gasteiger partial charge is 0.358 e. The van der Waals surface area contributed by atoms with E-state index in [0.717, 1.165) is 20.8 Å². The zero-order valence-electron chi connectivity index (χ0n) is 39.0. The van der Waals surface area contributed by atoms with Crippen molar-refractivity contribution in [3.63, 3.8) is 0 Å². The van der Waals surface area contributed by atoms with Crippen LogP contribution in [0.15, 0.2) is 97.3 Å². The molecule has 0 saturated heterocycles. The van der Waals surface area contributed by atoms with Crippen LogP contribution < -0.4 is 20.7 Å². The number of benzene rings is 4. The summed E-state index contributed by atoms with van der Waals surface area (Å²) in [5.41, 5.74) is 6.94. The van der Waals surface area contributed by atoms with Gasteiger partial charge in [-0.15, -0.1) is 10.2 Å². The molecule has 0 aliphatic heterocycles. The van der Waals surface area contributed by atoms with E-state index in [2.05, 4.69) is 25.9 Å². The van der Waals surface area contributed by atoms with Crippen molar-refractivity contribution in [3.05, 3.63) is 142 Å². The second kappa shape index (κ2) is 27.5. The van der Waals surface area contributed by atoms with Crippen molar-refractivity contribution >= 4 is 47.0 Å². The van der Waals surface area contributed by atoms with Crippen LogP contribution in [0.25, 0.3) is 22.3 Å². The number of hydrogen-bond donors (Lipinski definition) is 7. The molecule has 6 rings (SSSR count). The van der Waals surface area contributed by atoms with E-state index in [-0.39, 0.29) is 43.9 Å². The minimum Gasteiger partial charge on any atom is -0.481 e. The third kappa shape index (κ3) is 17.1. The molecule has 0 bridgehead atoms. The van der Waals surface area contributed by atoms with Gasteiger partial charge in [0.2, 0.25) is 0 Å². The van der Waals surface area contributed by atoms with Gasteiger partial charge in [-0.1, -0.05) is 88.8 Å². The van der Waals surface area contributed by atoms with Gasteiger partial charge in [0, 0.05) is 33.3 Å². The zero-order valence-corrected chi connectivity index (χ0v) is 40.5. The van der Waals surface area contributed by atoms with Crippen LogP contribution in [0.3, 0.4) is 0 Å². The number of nitrogens with zero attached hydrogens (tertiary/aromatic N) is 6. The largest absolute Gasteiger partial charge is 0.481 e. The van der Waals surface area contributed by atoms with Gasteiger partial charge in [-0.3, -0.25) is 14.4 Å². The summed E-state index contributed by atoms with van der Waals surface area (Å²) < 4.78 is 28.1. The van der Waals surface area contributed by atoms with Crippen LogP contribution >= 0.6 is 23.2 Å². The lowest BCUT2D eigenvalue weighted by Crippen LogP contribution is -2.44. The summed E-state index contributed by atoms with van der Waals surface area (Å²) in [5.74, 6) is -4.70. The van der Waals surface area contributed by atoms with E-state index in [1.54, 1.807) is 56.3 Å². The predicted molar refractivity (Wildman–Crippen MR) is 263 cm³/mol. The van der Waals surface area contributed by atoms with Gasteiger partial charge >= 0.3 is 17.9 Å². The highest BCUT2D eigenvalue weighted by molar-refractivity contribution is 6.31. The Morgan fingerprint density at radius 2 is 1.10 bits per heavy atom. The molecule has 19 nitrogen and oxygen atoms in total. The predicted octanol–water partition coefficient (Wildman–Crippen LogP) is 6.55. The van der Waals surface area contributed by atoms with Gasteiger partial charge in [0.05, 0.1) is 24.0 Å². The number of carboxylic acid groups (broad SMARTS) is 3. The van der Waals surface area contributed by atoms with Crippen LogP contribution in [0.5, 0.6) is 0 Å². The number of nitrogens with one attached hydrogen (secondary N) is 1. The second-order valence-corrected chi connectivity index (χ2v) is 17.5. The van der Waals surface area contributed by atoms with Crippen molar-refractivity contribution in [2.75, 3.05) is 26.4 Å². The van der Waals surface area contributed by atoms with Gasteiger partial charge in [0.15, 0.2) is 11.4 Å². The fourth-order valence-corrected chi connectivity index (χ4v) is 7.17. The summed E-state index contributed by atoms with van der Waals surface area (Å²) in [7, 11) is 0. The van der Waals surface area contributed by atoms with Crippen molar-refractivity contribution in [1.29, 1.82) is 0 Å². The molecule has 4 atom stereocenters. The molecule has 0 saturated carbocycles. The molecule has 0 aliphatic rings. The van der Waals surface area contributed by atoms with E-state index in [1.165, 1.54) is 56.6 Å². The molecule has 1 amide bonds. The molecule has 0 radical (unpaired) electrons. The SMILES string of the molecule is C.CCOn1cc(C(=O)N[C@H](Cc2ccc(-c3cc(Cl)ccc3F)cc2)C[C@@](C)(CO)C(=O)O)nn1.CCOn1cc(C(=O)O)nn1.C[C@@](CO)(C[C@H](N)Cc1ccc(-c2cc(Cl)ccc2F)cc1)C(=O)O. The maximum atomic E-state index is 14.2. The number of aliphatic hydroxyl groups is 2. The average Bonchev–Trinajstić information content (AvgIpc) is 4.02. The van der Waals surface area contributed by atoms with Gasteiger partial charge < -0.3 is 46.3 Å². The van der Waals surface area contributed by atoms with Crippen LogP contribution in [0, 0.1) is 22.5 Å². The summed E-state index contributed by atoms with van der Waals surface area (Å²) in [6, 6.07) is 21.8. The van der Waals surface area contributed by atoms with Crippen molar-refractivity contribution in [3.8, 4) is 22.3 Å². The number of carboxylic acids is 3. The third-order valence-electron chi connectivity index (χ3n) is 10.8. The number of carbonyl (C=O) groups excluding carboxylic acids is 1. The number of hydrogen-bond acceptors (Lipinski definition) is 13. The Balaban J connectivity index is 0.000000321. The van der Waals surface area contributed by atoms with Crippen LogP contribution in [0.1, 0.15) is 80.1 Å². The Morgan fingerprint density at radius 1 is 0.681 bits per heavy atom. The highest BCUT2D eigenvalue weighted by Crippen LogP contribution is 2.30. The lowest BCUT2D eigenvalue weighted by Gasteiger charge is -2.28. The number of aromatic nitrogens is 6. The van der Waals surface area contributed by atoms with E-state index in [4.69, 9.17) is 43.7 Å². The Bertz CT molecular complexity index is 2730. The first-order valence-electron chi connectivity index (χ1n) is 21.8. The van der Waals surface area contributed by atoms with Crippen LogP contribution in [-0.4, -0.2) is 118 Å². The molecule has 0 fully saturated rings. The highest BCUT2D eigenvalue weighted by atomic mass is 35.5. The van der Waals surface area contributed by atoms with Crippen LogP contribution in [0.4, 0.5) is 8.78 Å². The number of halogens is 4. The molecule has 0 spiro atoms. The summed E-state index contributed by atoms with van der Waals surface area (Å²) in [6.45, 7) is 6.07. The molecule has 2 heterocycles. The second-order valence-electron chi connectivity index (χ2n) is 16.6. The van der Waals surface area contributed by atoms with Crippen molar-refractivity contribution in [1.82, 2.24) is 35.6 Å². The minimum atomic E-state index is -1.48. The number of carbonyl (C=O) groups is 4. The van der Waals surface area contributed by atoms with Crippen molar-refractivity contribution < 1.29 is 63.2 Å². The van der Waals surface area contributed by atoms with E-state index in [0.29, 0.717) is 51.9 Å². The lowest BCUT2D eigenvalue weighted by molar-refractivity contribution is -0.152. The summed E-state index contributed by atoms with van der Waals surface area (Å²) in [6.07, 6.45) is 3.34. The summed E-state index contributed by atoms with van der Waals surface area (Å²) in [4.78, 5) is 58.1. The van der Waals surface area contributed by atoms with E-state index in [9.17, 15) is 48.4 Å². The molecule has 23 heteroatoms. The molecular weight excluding hydrogens is 985 g/mol. The Kier molecular flexibility index (Phi) is 22.7. The van der Waals surface area contributed by atoms with Crippen LogP contribution in [-0.2, 0) is 22.4 Å². The Hall–Kier alpha value is -7.04. The van der Waals surface area contributed by atoms with Gasteiger partial charge in [-0.05, 0) is 122 Å². The van der Waals surface area contributed by atoms with Gasteiger partial charge in [0.25, 0.3) is 5.91 Å². The molecule has 388 valence electrons. The third-order valence-corrected chi connectivity index (χ3v) is 11.2. The molecule has 72 heavy (non-hydrogen) atoms. The zero-order chi connectivity index (χ0) is 52.5. The first kappa shape index (κ1) is 59.3. The number of rotatable bonds is 21. The summed E-state index contributed by atoms with van der Waals surface area (Å²) >= 11 is 11.9. The summed E-state index contributed by atoms with van der Waals surface area (Å²) in [5, 5.41) is 64.0. The molecule has 4 aromatic carbocycles. The fourth-order valence-electron chi connectivity index (χ4n) is 6.82.